The molecule has 2 heteroatoms. The van der Waals surface area contributed by atoms with Crippen LogP contribution in [0.15, 0.2) is 0 Å². The zero-order chi connectivity index (χ0) is 11.1. The fourth-order valence-corrected chi connectivity index (χ4v) is 0.102. The summed E-state index contributed by atoms with van der Waals surface area (Å²) in [5, 5.41) is 17.5. The van der Waals surface area contributed by atoms with E-state index >= 15 is 0 Å². The molecule has 74 valence electrons. The second-order valence-corrected chi connectivity index (χ2v) is 3.48. The molecule has 0 rings (SSSR count). The SMILES string of the molecule is C#CC(C)(C)O.C#CC(C)(O)CC. The van der Waals surface area contributed by atoms with Gasteiger partial charge in [-0.3, -0.25) is 0 Å². The molecule has 0 aliphatic rings. The Hall–Kier alpha value is -0.960. The lowest BCUT2D eigenvalue weighted by atomic mass is 10.1. The predicted molar refractivity (Wildman–Crippen MR) is 54.9 cm³/mol. The number of rotatable bonds is 1. The van der Waals surface area contributed by atoms with Gasteiger partial charge in [-0.25, -0.2) is 0 Å². The first-order valence-electron chi connectivity index (χ1n) is 4.09. The summed E-state index contributed by atoms with van der Waals surface area (Å²) in [6.07, 6.45) is 10.3. The average molecular weight is 182 g/mol. The van der Waals surface area contributed by atoms with Crippen LogP contribution in [0, 0.1) is 24.7 Å². The van der Waals surface area contributed by atoms with Gasteiger partial charge in [-0.1, -0.05) is 18.8 Å². The highest BCUT2D eigenvalue weighted by Crippen LogP contribution is 2.03. The third-order valence-corrected chi connectivity index (χ3v) is 1.35. The van der Waals surface area contributed by atoms with Gasteiger partial charge in [-0.15, -0.1) is 12.8 Å². The van der Waals surface area contributed by atoms with Gasteiger partial charge in [-0.2, -0.15) is 0 Å². The Morgan fingerprint density at radius 2 is 1.38 bits per heavy atom. The molecule has 0 aromatic carbocycles. The molecular weight excluding hydrogens is 164 g/mol. The first kappa shape index (κ1) is 14.6. The van der Waals surface area contributed by atoms with Gasteiger partial charge in [0.2, 0.25) is 0 Å². The Kier molecular flexibility index (Phi) is 6.32. The van der Waals surface area contributed by atoms with Crippen molar-refractivity contribution in [1.29, 1.82) is 0 Å². The molecule has 0 saturated carbocycles. The summed E-state index contributed by atoms with van der Waals surface area (Å²) >= 11 is 0. The van der Waals surface area contributed by atoms with Crippen molar-refractivity contribution in [3.05, 3.63) is 0 Å². The summed E-state index contributed by atoms with van der Waals surface area (Å²) in [6, 6.07) is 0. The van der Waals surface area contributed by atoms with E-state index in [1.807, 2.05) is 6.92 Å². The van der Waals surface area contributed by atoms with Crippen LogP contribution in [0.2, 0.25) is 0 Å². The van der Waals surface area contributed by atoms with Crippen LogP contribution in [0.3, 0.4) is 0 Å². The molecular formula is C11H18O2. The second kappa shape index (κ2) is 5.65. The zero-order valence-corrected chi connectivity index (χ0v) is 8.76. The Morgan fingerprint density at radius 3 is 1.38 bits per heavy atom. The summed E-state index contributed by atoms with van der Waals surface area (Å²) in [4.78, 5) is 0. The molecule has 0 aromatic rings. The second-order valence-electron chi connectivity index (χ2n) is 3.48. The van der Waals surface area contributed by atoms with E-state index in [1.165, 1.54) is 0 Å². The van der Waals surface area contributed by atoms with Gasteiger partial charge in [0.15, 0.2) is 0 Å². The van der Waals surface area contributed by atoms with Crippen LogP contribution in [0.25, 0.3) is 0 Å². The largest absolute Gasteiger partial charge is 0.378 e. The molecule has 1 unspecified atom stereocenters. The van der Waals surface area contributed by atoms with E-state index in [2.05, 4.69) is 11.8 Å². The van der Waals surface area contributed by atoms with E-state index in [1.54, 1.807) is 20.8 Å². The molecule has 1 atom stereocenters. The highest BCUT2D eigenvalue weighted by atomic mass is 16.3. The smallest absolute Gasteiger partial charge is 0.122 e. The third kappa shape index (κ3) is 14.0. The van der Waals surface area contributed by atoms with Gasteiger partial charge in [0.05, 0.1) is 0 Å². The normalized spacial score (nSPS) is 14.2. The highest BCUT2D eigenvalue weighted by molar-refractivity contribution is 5.03. The maximum atomic E-state index is 8.90. The van der Waals surface area contributed by atoms with E-state index in [9.17, 15) is 0 Å². The lowest BCUT2D eigenvalue weighted by Gasteiger charge is -2.10. The monoisotopic (exact) mass is 182 g/mol. The summed E-state index contributed by atoms with van der Waals surface area (Å²) in [6.45, 7) is 6.59. The summed E-state index contributed by atoms with van der Waals surface area (Å²) in [7, 11) is 0. The third-order valence-electron chi connectivity index (χ3n) is 1.35. The minimum absolute atomic E-state index is 0.615. The molecule has 0 heterocycles. The van der Waals surface area contributed by atoms with Crippen molar-refractivity contribution < 1.29 is 10.2 Å². The van der Waals surface area contributed by atoms with Crippen LogP contribution in [-0.2, 0) is 0 Å². The van der Waals surface area contributed by atoms with E-state index in [0.29, 0.717) is 6.42 Å². The Bertz CT molecular complexity index is 208. The van der Waals surface area contributed by atoms with E-state index in [-0.39, 0.29) is 0 Å². The van der Waals surface area contributed by atoms with E-state index in [0.717, 1.165) is 0 Å². The van der Waals surface area contributed by atoms with E-state index in [4.69, 9.17) is 23.1 Å². The molecule has 13 heavy (non-hydrogen) atoms. The van der Waals surface area contributed by atoms with Gasteiger partial charge in [0, 0.05) is 0 Å². The quantitative estimate of drug-likeness (QED) is 0.598. The Morgan fingerprint density at radius 1 is 1.08 bits per heavy atom. The average Bonchev–Trinajstić information content (AvgIpc) is 2.04. The lowest BCUT2D eigenvalue weighted by Crippen LogP contribution is -2.18. The van der Waals surface area contributed by atoms with Gasteiger partial charge in [0.25, 0.3) is 0 Å². The van der Waals surface area contributed by atoms with Crippen LogP contribution in [0.5, 0.6) is 0 Å². The van der Waals surface area contributed by atoms with Crippen LogP contribution < -0.4 is 0 Å². The summed E-state index contributed by atoms with van der Waals surface area (Å²) in [5.74, 6) is 4.41. The van der Waals surface area contributed by atoms with E-state index < -0.39 is 11.2 Å². The van der Waals surface area contributed by atoms with Crippen LogP contribution in [-0.4, -0.2) is 21.4 Å². The fourth-order valence-electron chi connectivity index (χ4n) is 0.102. The molecule has 0 saturated heterocycles. The summed E-state index contributed by atoms with van der Waals surface area (Å²) < 4.78 is 0. The molecule has 0 aliphatic carbocycles. The van der Waals surface area contributed by atoms with Gasteiger partial charge in [-0.05, 0) is 27.2 Å². The van der Waals surface area contributed by atoms with Crippen molar-refractivity contribution in [2.75, 3.05) is 0 Å². The molecule has 0 bridgehead atoms. The van der Waals surface area contributed by atoms with Gasteiger partial charge < -0.3 is 10.2 Å². The molecule has 0 aromatic heterocycles. The molecule has 0 aliphatic heterocycles. The molecule has 0 radical (unpaired) electrons. The minimum Gasteiger partial charge on any atom is -0.378 e. The Balaban J connectivity index is 0. The first-order chi connectivity index (χ1) is 5.68. The number of aliphatic hydroxyl groups is 2. The molecule has 0 spiro atoms. The Labute approximate surface area is 81.0 Å². The topological polar surface area (TPSA) is 40.5 Å². The van der Waals surface area contributed by atoms with Crippen molar-refractivity contribution in [1.82, 2.24) is 0 Å². The number of terminal acetylenes is 2. The minimum atomic E-state index is -0.931. The standard InChI is InChI=1S/C6H10O.C5H8O/c1-4-6(3,7)5-2;1-4-5(2,3)6/h1,7H,5H2,2-3H3;1,6H,2-3H3. The number of hydrogen-bond acceptors (Lipinski definition) is 2. The van der Waals surface area contributed by atoms with Crippen molar-refractivity contribution >= 4 is 0 Å². The molecule has 0 fully saturated rings. The lowest BCUT2D eigenvalue weighted by molar-refractivity contribution is 0.118. The van der Waals surface area contributed by atoms with Crippen molar-refractivity contribution in [3.63, 3.8) is 0 Å². The van der Waals surface area contributed by atoms with Crippen LogP contribution >= 0.6 is 0 Å². The van der Waals surface area contributed by atoms with Gasteiger partial charge >= 0.3 is 0 Å². The first-order valence-corrected chi connectivity index (χ1v) is 4.09. The van der Waals surface area contributed by atoms with Gasteiger partial charge in [0.1, 0.15) is 11.2 Å². The van der Waals surface area contributed by atoms with Crippen LogP contribution in [0.1, 0.15) is 34.1 Å². The number of hydrogen-bond donors (Lipinski definition) is 2. The predicted octanol–water partition coefficient (Wildman–Crippen LogP) is 1.17. The summed E-state index contributed by atoms with van der Waals surface area (Å²) in [5.41, 5.74) is -1.82. The zero-order valence-electron chi connectivity index (χ0n) is 8.76. The van der Waals surface area contributed by atoms with Crippen LogP contribution in [0.4, 0.5) is 0 Å². The molecule has 2 nitrogen and oxygen atoms in total. The fraction of sp³-hybridized carbons (Fsp3) is 0.636. The van der Waals surface area contributed by atoms with Crippen molar-refractivity contribution in [3.8, 4) is 24.7 Å². The van der Waals surface area contributed by atoms with Crippen molar-refractivity contribution in [2.45, 2.75) is 45.3 Å². The molecule has 0 amide bonds. The van der Waals surface area contributed by atoms with Crippen molar-refractivity contribution in [2.24, 2.45) is 0 Å². The highest BCUT2D eigenvalue weighted by Gasteiger charge is 2.10. The molecule has 2 N–H and O–H groups in total. The maximum Gasteiger partial charge on any atom is 0.122 e. The maximum absolute atomic E-state index is 8.90.